The van der Waals surface area contributed by atoms with E-state index in [-0.39, 0.29) is 0 Å². The maximum Gasteiger partial charge on any atom is 0.0643 e. The van der Waals surface area contributed by atoms with Crippen LogP contribution >= 0.6 is 0 Å². The molecule has 0 aromatic rings. The number of likely N-dealkylation sites (N-methyl/N-ethyl adjacent to an activating group) is 1. The van der Waals surface area contributed by atoms with Crippen molar-refractivity contribution in [2.75, 3.05) is 33.9 Å². The Morgan fingerprint density at radius 1 is 1.38 bits per heavy atom. The van der Waals surface area contributed by atoms with Crippen molar-refractivity contribution < 1.29 is 4.74 Å². The Morgan fingerprint density at radius 3 is 2.38 bits per heavy atom. The Hall–Kier alpha value is -0.120. The minimum atomic E-state index is 0.454. The number of rotatable bonds is 4. The van der Waals surface area contributed by atoms with Gasteiger partial charge in [0.15, 0.2) is 0 Å². The van der Waals surface area contributed by atoms with Gasteiger partial charge >= 0.3 is 0 Å². The molecule has 0 bridgehead atoms. The Labute approximate surface area is 80.4 Å². The fraction of sp³-hybridized carbons (Fsp3) is 1.00. The van der Waals surface area contributed by atoms with Crippen LogP contribution in [-0.4, -0.2) is 50.3 Å². The first kappa shape index (κ1) is 9.44. The van der Waals surface area contributed by atoms with Gasteiger partial charge in [-0.3, -0.25) is 0 Å². The number of hydrogen-bond acceptors (Lipinski definition) is 3. The zero-order chi connectivity index (χ0) is 9.31. The van der Waals surface area contributed by atoms with Crippen LogP contribution < -0.4 is 5.32 Å². The lowest BCUT2D eigenvalue weighted by atomic mass is 9.75. The SMILES string of the molecule is CN(C)C1(CNC2COC2)CCC1. The fourth-order valence-electron chi connectivity index (χ4n) is 2.05. The highest BCUT2D eigenvalue weighted by Crippen LogP contribution is 2.35. The summed E-state index contributed by atoms with van der Waals surface area (Å²) in [6.07, 6.45) is 4.09. The molecule has 0 spiro atoms. The van der Waals surface area contributed by atoms with E-state index in [0.29, 0.717) is 11.6 Å². The lowest BCUT2D eigenvalue weighted by Crippen LogP contribution is -2.60. The maximum atomic E-state index is 5.14. The largest absolute Gasteiger partial charge is 0.378 e. The molecule has 1 aliphatic heterocycles. The summed E-state index contributed by atoms with van der Waals surface area (Å²) in [6, 6.07) is 0.623. The van der Waals surface area contributed by atoms with Crippen molar-refractivity contribution in [3.8, 4) is 0 Å². The molecule has 2 aliphatic rings. The summed E-state index contributed by atoms with van der Waals surface area (Å²) in [5, 5.41) is 3.58. The summed E-state index contributed by atoms with van der Waals surface area (Å²) >= 11 is 0. The molecule has 1 N–H and O–H groups in total. The predicted molar refractivity (Wildman–Crippen MR) is 52.9 cm³/mol. The van der Waals surface area contributed by atoms with E-state index in [0.717, 1.165) is 19.8 Å². The van der Waals surface area contributed by atoms with Gasteiger partial charge in [-0.1, -0.05) is 0 Å². The first-order valence-corrected chi connectivity index (χ1v) is 5.21. The van der Waals surface area contributed by atoms with Crippen LogP contribution in [0.5, 0.6) is 0 Å². The second-order valence-corrected chi connectivity index (χ2v) is 4.59. The fourth-order valence-corrected chi connectivity index (χ4v) is 2.05. The summed E-state index contributed by atoms with van der Waals surface area (Å²) in [7, 11) is 4.39. The topological polar surface area (TPSA) is 24.5 Å². The highest BCUT2D eigenvalue weighted by atomic mass is 16.5. The van der Waals surface area contributed by atoms with Crippen LogP contribution in [-0.2, 0) is 4.74 Å². The van der Waals surface area contributed by atoms with E-state index in [1.54, 1.807) is 0 Å². The van der Waals surface area contributed by atoms with Crippen molar-refractivity contribution >= 4 is 0 Å². The average molecular weight is 184 g/mol. The lowest BCUT2D eigenvalue weighted by molar-refractivity contribution is -0.0198. The second-order valence-electron chi connectivity index (χ2n) is 4.59. The molecule has 13 heavy (non-hydrogen) atoms. The Morgan fingerprint density at radius 2 is 2.08 bits per heavy atom. The number of nitrogens with one attached hydrogen (secondary N) is 1. The van der Waals surface area contributed by atoms with Gasteiger partial charge in [-0.05, 0) is 33.4 Å². The van der Waals surface area contributed by atoms with Crippen molar-refractivity contribution in [3.05, 3.63) is 0 Å². The predicted octanol–water partition coefficient (Wildman–Crippen LogP) is 0.459. The lowest BCUT2D eigenvalue weighted by Gasteiger charge is -2.48. The van der Waals surface area contributed by atoms with Gasteiger partial charge in [-0.2, -0.15) is 0 Å². The molecule has 1 aliphatic carbocycles. The summed E-state index contributed by atoms with van der Waals surface area (Å²) in [5.41, 5.74) is 0.454. The number of hydrogen-bond donors (Lipinski definition) is 1. The molecule has 2 rings (SSSR count). The third-order valence-electron chi connectivity index (χ3n) is 3.59. The molecular weight excluding hydrogens is 164 g/mol. The smallest absolute Gasteiger partial charge is 0.0643 e. The summed E-state index contributed by atoms with van der Waals surface area (Å²) in [5.74, 6) is 0. The van der Waals surface area contributed by atoms with Gasteiger partial charge in [0.1, 0.15) is 0 Å². The summed E-state index contributed by atoms with van der Waals surface area (Å²) in [6.45, 7) is 2.95. The minimum absolute atomic E-state index is 0.454. The van der Waals surface area contributed by atoms with Crippen molar-refractivity contribution in [3.63, 3.8) is 0 Å². The number of nitrogens with zero attached hydrogens (tertiary/aromatic N) is 1. The molecule has 2 fully saturated rings. The first-order valence-electron chi connectivity index (χ1n) is 5.21. The van der Waals surface area contributed by atoms with E-state index in [9.17, 15) is 0 Å². The molecule has 3 heteroatoms. The molecule has 0 aromatic carbocycles. The van der Waals surface area contributed by atoms with Crippen LogP contribution in [0.4, 0.5) is 0 Å². The third-order valence-corrected chi connectivity index (χ3v) is 3.59. The van der Waals surface area contributed by atoms with Gasteiger partial charge in [0, 0.05) is 12.1 Å². The second kappa shape index (κ2) is 3.56. The Bertz CT molecular complexity index is 174. The molecule has 3 nitrogen and oxygen atoms in total. The zero-order valence-electron chi connectivity index (χ0n) is 8.68. The van der Waals surface area contributed by atoms with Crippen LogP contribution in [0.3, 0.4) is 0 Å². The van der Waals surface area contributed by atoms with Crippen LogP contribution in [0, 0.1) is 0 Å². The molecular formula is C10H20N2O. The summed E-state index contributed by atoms with van der Waals surface area (Å²) in [4.78, 5) is 2.38. The van der Waals surface area contributed by atoms with Gasteiger partial charge < -0.3 is 15.0 Å². The van der Waals surface area contributed by atoms with Gasteiger partial charge in [0.2, 0.25) is 0 Å². The first-order chi connectivity index (χ1) is 6.23. The standard InChI is InChI=1S/C10H20N2O/c1-12(2)10(4-3-5-10)8-11-9-6-13-7-9/h9,11H,3-8H2,1-2H3. The minimum Gasteiger partial charge on any atom is -0.378 e. The third kappa shape index (κ3) is 1.73. The van der Waals surface area contributed by atoms with Crippen LogP contribution in [0.2, 0.25) is 0 Å². The van der Waals surface area contributed by atoms with Crippen LogP contribution in [0.1, 0.15) is 19.3 Å². The van der Waals surface area contributed by atoms with E-state index < -0.39 is 0 Å². The Kier molecular flexibility index (Phi) is 2.58. The van der Waals surface area contributed by atoms with Crippen LogP contribution in [0.25, 0.3) is 0 Å². The highest BCUT2D eigenvalue weighted by Gasteiger charge is 2.39. The van der Waals surface area contributed by atoms with Gasteiger partial charge in [0.25, 0.3) is 0 Å². The van der Waals surface area contributed by atoms with Gasteiger partial charge in [-0.25, -0.2) is 0 Å². The molecule has 0 amide bonds. The highest BCUT2D eigenvalue weighted by molar-refractivity contribution is 4.98. The van der Waals surface area contributed by atoms with Crippen molar-refractivity contribution in [1.29, 1.82) is 0 Å². The van der Waals surface area contributed by atoms with E-state index >= 15 is 0 Å². The van der Waals surface area contributed by atoms with E-state index in [2.05, 4.69) is 24.3 Å². The molecule has 0 atom stereocenters. The van der Waals surface area contributed by atoms with Crippen molar-refractivity contribution in [1.82, 2.24) is 10.2 Å². The molecule has 76 valence electrons. The molecule has 0 aromatic heterocycles. The van der Waals surface area contributed by atoms with E-state index in [1.165, 1.54) is 19.3 Å². The molecule has 1 saturated heterocycles. The maximum absolute atomic E-state index is 5.14. The zero-order valence-corrected chi connectivity index (χ0v) is 8.68. The average Bonchev–Trinajstić information content (AvgIpc) is 1.89. The molecule has 1 saturated carbocycles. The quantitative estimate of drug-likeness (QED) is 0.687. The molecule has 0 unspecified atom stereocenters. The normalized spacial score (nSPS) is 27.0. The van der Waals surface area contributed by atoms with Gasteiger partial charge in [0.05, 0.1) is 19.3 Å². The van der Waals surface area contributed by atoms with Crippen molar-refractivity contribution in [2.24, 2.45) is 0 Å². The monoisotopic (exact) mass is 184 g/mol. The Balaban J connectivity index is 1.76. The van der Waals surface area contributed by atoms with Crippen LogP contribution in [0.15, 0.2) is 0 Å². The number of ether oxygens (including phenoxy) is 1. The van der Waals surface area contributed by atoms with Gasteiger partial charge in [-0.15, -0.1) is 0 Å². The van der Waals surface area contributed by atoms with E-state index in [4.69, 9.17) is 4.74 Å². The van der Waals surface area contributed by atoms with Crippen molar-refractivity contribution in [2.45, 2.75) is 30.8 Å². The summed E-state index contributed by atoms with van der Waals surface area (Å²) < 4.78 is 5.14. The van der Waals surface area contributed by atoms with E-state index in [1.807, 2.05) is 0 Å². The molecule has 0 radical (unpaired) electrons. The molecule has 1 heterocycles.